The van der Waals surface area contributed by atoms with Gasteiger partial charge >= 0.3 is 5.97 Å². The van der Waals surface area contributed by atoms with Gasteiger partial charge in [-0.3, -0.25) is 19.5 Å². The molecule has 0 aliphatic heterocycles. The van der Waals surface area contributed by atoms with Crippen LogP contribution in [-0.2, 0) is 33.1 Å². The van der Waals surface area contributed by atoms with Crippen molar-refractivity contribution in [3.63, 3.8) is 0 Å². The summed E-state index contributed by atoms with van der Waals surface area (Å²) in [6, 6.07) is 20.7. The number of esters is 1. The van der Waals surface area contributed by atoms with Crippen molar-refractivity contribution >= 4 is 55.1 Å². The molecule has 41 heavy (non-hydrogen) atoms. The van der Waals surface area contributed by atoms with Crippen molar-refractivity contribution in [3.05, 3.63) is 90.4 Å². The van der Waals surface area contributed by atoms with Crippen LogP contribution in [0, 0.1) is 5.41 Å². The van der Waals surface area contributed by atoms with Crippen molar-refractivity contribution in [2.45, 2.75) is 18.4 Å². The Balaban J connectivity index is 1.50. The SMILES string of the molecule is CCOC(=O)CN(c1ccc2c(c1)nc(CNc1ccc(C(=N)N)cc1)n2C)S(=O)(=O)c1cccc2cccnc12. The first-order valence-electron chi connectivity index (χ1n) is 12.8. The second kappa shape index (κ2) is 11.3. The van der Waals surface area contributed by atoms with Gasteiger partial charge in [0.1, 0.15) is 23.1 Å². The minimum absolute atomic E-state index is 0.00145. The van der Waals surface area contributed by atoms with E-state index in [2.05, 4.69) is 10.3 Å². The number of rotatable bonds is 10. The Labute approximate surface area is 237 Å². The Morgan fingerprint density at radius 1 is 1.10 bits per heavy atom. The predicted octanol–water partition coefficient (Wildman–Crippen LogP) is 3.78. The molecule has 2 aromatic heterocycles. The smallest absolute Gasteiger partial charge is 0.326 e. The van der Waals surface area contributed by atoms with Crippen LogP contribution < -0.4 is 15.4 Å². The van der Waals surface area contributed by atoms with Crippen LogP contribution in [0.5, 0.6) is 0 Å². The Morgan fingerprint density at radius 3 is 2.59 bits per heavy atom. The number of pyridine rings is 1. The number of nitrogen functional groups attached to an aromatic ring is 1. The third-order valence-electron chi connectivity index (χ3n) is 6.63. The predicted molar refractivity (Wildman–Crippen MR) is 158 cm³/mol. The quantitative estimate of drug-likeness (QED) is 0.130. The number of fused-ring (bicyclic) bond motifs is 2. The third-order valence-corrected chi connectivity index (χ3v) is 8.44. The summed E-state index contributed by atoms with van der Waals surface area (Å²) in [6.07, 6.45) is 1.53. The summed E-state index contributed by atoms with van der Waals surface area (Å²) in [5, 5.41) is 11.5. The summed E-state index contributed by atoms with van der Waals surface area (Å²) in [4.78, 5) is 21.6. The van der Waals surface area contributed by atoms with Gasteiger partial charge in [-0.15, -0.1) is 0 Å². The van der Waals surface area contributed by atoms with E-state index in [1.54, 1.807) is 61.5 Å². The molecule has 12 heteroatoms. The Bertz CT molecular complexity index is 1860. The van der Waals surface area contributed by atoms with Gasteiger partial charge in [0, 0.05) is 29.9 Å². The van der Waals surface area contributed by atoms with Gasteiger partial charge in [0.25, 0.3) is 10.0 Å². The number of ether oxygens (including phenoxy) is 1. The lowest BCUT2D eigenvalue weighted by Gasteiger charge is -2.24. The molecule has 5 aromatic rings. The molecule has 0 spiro atoms. The maximum absolute atomic E-state index is 14.0. The van der Waals surface area contributed by atoms with E-state index in [1.807, 2.05) is 23.7 Å². The molecule has 0 unspecified atom stereocenters. The van der Waals surface area contributed by atoms with Crippen molar-refractivity contribution in [3.8, 4) is 0 Å². The van der Waals surface area contributed by atoms with E-state index in [-0.39, 0.29) is 23.0 Å². The van der Waals surface area contributed by atoms with Crippen molar-refractivity contribution in [2.75, 3.05) is 22.8 Å². The van der Waals surface area contributed by atoms with Crippen LogP contribution >= 0.6 is 0 Å². The van der Waals surface area contributed by atoms with Crippen LogP contribution in [0.15, 0.2) is 83.9 Å². The van der Waals surface area contributed by atoms with Crippen molar-refractivity contribution in [1.29, 1.82) is 5.41 Å². The average molecular weight is 572 g/mol. The number of aryl methyl sites for hydroxylation is 1. The molecule has 0 fully saturated rings. The zero-order valence-electron chi connectivity index (χ0n) is 22.5. The lowest BCUT2D eigenvalue weighted by molar-refractivity contribution is -0.141. The summed E-state index contributed by atoms with van der Waals surface area (Å²) in [6.45, 7) is 1.67. The van der Waals surface area contributed by atoms with Gasteiger partial charge in [0.2, 0.25) is 0 Å². The highest BCUT2D eigenvalue weighted by Crippen LogP contribution is 2.30. The first kappa shape index (κ1) is 27.6. The van der Waals surface area contributed by atoms with Gasteiger partial charge in [-0.2, -0.15) is 0 Å². The highest BCUT2D eigenvalue weighted by molar-refractivity contribution is 7.93. The number of aromatic nitrogens is 3. The van der Waals surface area contributed by atoms with Crippen LogP contribution in [0.2, 0.25) is 0 Å². The number of para-hydroxylation sites is 1. The molecule has 210 valence electrons. The fourth-order valence-electron chi connectivity index (χ4n) is 4.54. The maximum atomic E-state index is 14.0. The second-order valence-electron chi connectivity index (χ2n) is 9.25. The molecule has 0 saturated carbocycles. The fourth-order valence-corrected chi connectivity index (χ4v) is 6.11. The number of nitrogens with one attached hydrogen (secondary N) is 2. The number of sulfonamides is 1. The van der Waals surface area contributed by atoms with Gasteiger partial charge in [0.15, 0.2) is 0 Å². The number of carbonyl (C=O) groups excluding carboxylic acids is 1. The zero-order chi connectivity index (χ0) is 29.1. The van der Waals surface area contributed by atoms with E-state index in [1.165, 1.54) is 12.3 Å². The van der Waals surface area contributed by atoms with E-state index in [9.17, 15) is 13.2 Å². The standard InChI is InChI=1S/C29H29N7O4S/c1-3-40-27(37)18-36(41(38,39)25-8-4-6-19-7-5-15-32-28(19)25)22-13-14-24-23(16-22)34-26(35(24)2)17-33-21-11-9-20(10-12-21)29(30)31/h4-16,33H,3,17-18H2,1-2H3,(H3,30,31). The van der Waals surface area contributed by atoms with Gasteiger partial charge in [-0.1, -0.05) is 18.2 Å². The highest BCUT2D eigenvalue weighted by atomic mass is 32.2. The first-order chi connectivity index (χ1) is 19.7. The molecule has 0 bridgehead atoms. The summed E-state index contributed by atoms with van der Waals surface area (Å²) >= 11 is 0. The summed E-state index contributed by atoms with van der Waals surface area (Å²) in [5.41, 5.74) is 8.93. The third kappa shape index (κ3) is 5.54. The number of carbonyl (C=O) groups is 1. The number of anilines is 2. The molecule has 0 atom stereocenters. The van der Waals surface area contributed by atoms with Gasteiger partial charge in [-0.25, -0.2) is 13.4 Å². The zero-order valence-corrected chi connectivity index (χ0v) is 23.4. The van der Waals surface area contributed by atoms with E-state index in [0.717, 1.165) is 15.5 Å². The molecule has 3 aromatic carbocycles. The van der Waals surface area contributed by atoms with Crippen molar-refractivity contribution in [1.82, 2.24) is 14.5 Å². The highest BCUT2D eigenvalue weighted by Gasteiger charge is 2.30. The van der Waals surface area contributed by atoms with E-state index < -0.39 is 22.5 Å². The van der Waals surface area contributed by atoms with Crippen LogP contribution in [-0.4, -0.2) is 47.9 Å². The van der Waals surface area contributed by atoms with Gasteiger partial charge < -0.3 is 20.4 Å². The topological polar surface area (TPSA) is 156 Å². The minimum atomic E-state index is -4.22. The Kier molecular flexibility index (Phi) is 7.58. The molecule has 0 aliphatic carbocycles. The molecule has 0 radical (unpaired) electrons. The lowest BCUT2D eigenvalue weighted by Crippen LogP contribution is -2.36. The number of nitrogens with two attached hydrogens (primary N) is 1. The number of amidine groups is 1. The summed E-state index contributed by atoms with van der Waals surface area (Å²) < 4.78 is 36.1. The number of benzene rings is 3. The van der Waals surface area contributed by atoms with Crippen LogP contribution in [0.1, 0.15) is 18.3 Å². The molecule has 2 heterocycles. The number of hydrogen-bond donors (Lipinski definition) is 3. The van der Waals surface area contributed by atoms with E-state index in [0.29, 0.717) is 34.4 Å². The maximum Gasteiger partial charge on any atom is 0.326 e. The summed E-state index contributed by atoms with van der Waals surface area (Å²) in [5.74, 6) is 0.0374. The van der Waals surface area contributed by atoms with Crippen LogP contribution in [0.3, 0.4) is 0 Å². The minimum Gasteiger partial charge on any atom is -0.465 e. The summed E-state index contributed by atoms with van der Waals surface area (Å²) in [7, 11) is -2.35. The molecule has 0 amide bonds. The van der Waals surface area contributed by atoms with Crippen LogP contribution in [0.4, 0.5) is 11.4 Å². The molecule has 4 N–H and O–H groups in total. The molecule has 11 nitrogen and oxygen atoms in total. The molecular formula is C29H29N7O4S. The Hall–Kier alpha value is -4.97. The second-order valence-corrected chi connectivity index (χ2v) is 11.1. The normalized spacial score (nSPS) is 11.5. The average Bonchev–Trinajstić information content (AvgIpc) is 3.29. The number of nitrogens with zero attached hydrogens (tertiary/aromatic N) is 4. The largest absolute Gasteiger partial charge is 0.465 e. The number of hydrogen-bond acceptors (Lipinski definition) is 8. The molecule has 5 rings (SSSR count). The van der Waals surface area contributed by atoms with E-state index >= 15 is 0 Å². The van der Waals surface area contributed by atoms with Gasteiger partial charge in [0.05, 0.1) is 35.4 Å². The molecule has 0 saturated heterocycles. The lowest BCUT2D eigenvalue weighted by atomic mass is 10.2. The van der Waals surface area contributed by atoms with Gasteiger partial charge in [-0.05, 0) is 61.5 Å². The van der Waals surface area contributed by atoms with Crippen LogP contribution in [0.25, 0.3) is 21.9 Å². The monoisotopic (exact) mass is 571 g/mol. The van der Waals surface area contributed by atoms with Crippen molar-refractivity contribution < 1.29 is 17.9 Å². The Morgan fingerprint density at radius 2 is 1.85 bits per heavy atom. The molecule has 0 aliphatic rings. The molecular weight excluding hydrogens is 542 g/mol. The first-order valence-corrected chi connectivity index (χ1v) is 14.3. The van der Waals surface area contributed by atoms with E-state index in [4.69, 9.17) is 20.9 Å². The van der Waals surface area contributed by atoms with Crippen molar-refractivity contribution in [2.24, 2.45) is 12.8 Å². The fraction of sp³-hybridized carbons (Fsp3) is 0.172. The number of imidazole rings is 1.